The van der Waals surface area contributed by atoms with Crippen molar-refractivity contribution < 1.29 is 9.59 Å². The number of aromatic nitrogens is 3. The number of pyridine rings is 1. The lowest BCUT2D eigenvalue weighted by Gasteiger charge is -2.22. The molecule has 2 aromatic heterocycles. The molecule has 0 radical (unpaired) electrons. The van der Waals surface area contributed by atoms with Crippen LogP contribution in [0.5, 0.6) is 0 Å². The summed E-state index contributed by atoms with van der Waals surface area (Å²) in [5.74, 6) is -0.434. The highest BCUT2D eigenvalue weighted by atomic mass is 16.2. The maximum atomic E-state index is 12.2. The van der Waals surface area contributed by atoms with E-state index in [9.17, 15) is 9.59 Å². The Kier molecular flexibility index (Phi) is 4.04. The minimum Gasteiger partial charge on any atom is -0.354 e. The van der Waals surface area contributed by atoms with E-state index >= 15 is 0 Å². The summed E-state index contributed by atoms with van der Waals surface area (Å²) in [6.07, 6.45) is 7.76. The van der Waals surface area contributed by atoms with E-state index in [1.807, 2.05) is 0 Å². The Morgan fingerprint density at radius 1 is 1.23 bits per heavy atom. The number of nitrogens with one attached hydrogen (secondary N) is 2. The van der Waals surface area contributed by atoms with E-state index in [1.54, 1.807) is 24.5 Å². The molecule has 0 saturated carbocycles. The molecule has 0 aromatic carbocycles. The maximum absolute atomic E-state index is 12.2. The first-order valence-electron chi connectivity index (χ1n) is 7.04. The van der Waals surface area contributed by atoms with Crippen LogP contribution in [0, 0.1) is 0 Å². The first-order chi connectivity index (χ1) is 10.7. The van der Waals surface area contributed by atoms with Crippen LogP contribution in [0.1, 0.15) is 23.2 Å². The van der Waals surface area contributed by atoms with Gasteiger partial charge < -0.3 is 10.6 Å². The minimum atomic E-state index is -0.469. The molecule has 1 atom stereocenters. The highest BCUT2D eigenvalue weighted by Crippen LogP contribution is 2.14. The fourth-order valence-electron chi connectivity index (χ4n) is 2.28. The molecule has 7 nitrogen and oxygen atoms in total. The summed E-state index contributed by atoms with van der Waals surface area (Å²) in [6.45, 7) is 0.667. The van der Waals surface area contributed by atoms with Gasteiger partial charge in [-0.3, -0.25) is 14.6 Å². The Labute approximate surface area is 127 Å². The molecule has 0 unspecified atom stereocenters. The molecule has 1 saturated heterocycles. The zero-order chi connectivity index (χ0) is 15.4. The minimum absolute atomic E-state index is 0.134. The molecule has 1 aliphatic heterocycles. The van der Waals surface area contributed by atoms with Crippen molar-refractivity contribution in [1.29, 1.82) is 0 Å². The van der Waals surface area contributed by atoms with E-state index in [-0.39, 0.29) is 11.8 Å². The number of piperidine rings is 1. The summed E-state index contributed by atoms with van der Waals surface area (Å²) < 4.78 is 0. The molecule has 1 fully saturated rings. The molecule has 1 aliphatic rings. The lowest BCUT2D eigenvalue weighted by molar-refractivity contribution is -0.124. The number of carbonyl (C=O) groups excluding carboxylic acids is 2. The van der Waals surface area contributed by atoms with Gasteiger partial charge in [0.25, 0.3) is 5.91 Å². The second-order valence-electron chi connectivity index (χ2n) is 5.02. The number of rotatable bonds is 3. The fourth-order valence-corrected chi connectivity index (χ4v) is 2.28. The van der Waals surface area contributed by atoms with Crippen molar-refractivity contribution in [3.63, 3.8) is 0 Å². The highest BCUT2D eigenvalue weighted by Gasteiger charge is 2.24. The summed E-state index contributed by atoms with van der Waals surface area (Å²) >= 11 is 0. The molecule has 22 heavy (non-hydrogen) atoms. The zero-order valence-electron chi connectivity index (χ0n) is 11.8. The Bertz CT molecular complexity index is 672. The number of hydrogen-bond acceptors (Lipinski definition) is 5. The van der Waals surface area contributed by atoms with Crippen LogP contribution in [0.25, 0.3) is 11.3 Å². The molecule has 2 N–H and O–H groups in total. The third kappa shape index (κ3) is 3.08. The molecular formula is C15H15N5O2. The quantitative estimate of drug-likeness (QED) is 0.862. The SMILES string of the molecule is O=C(N[C@@H]1CCCNC1=O)c1ccc(-c2cncnc2)nc1. The summed E-state index contributed by atoms with van der Waals surface area (Å²) in [5, 5.41) is 5.46. The molecule has 7 heteroatoms. The first kappa shape index (κ1) is 14.1. The van der Waals surface area contributed by atoms with E-state index in [4.69, 9.17) is 0 Å². The predicted octanol–water partition coefficient (Wildman–Crippen LogP) is 0.547. The Morgan fingerprint density at radius 3 is 2.73 bits per heavy atom. The van der Waals surface area contributed by atoms with Gasteiger partial charge in [-0.25, -0.2) is 9.97 Å². The molecule has 0 spiro atoms. The van der Waals surface area contributed by atoms with Crippen LogP contribution >= 0.6 is 0 Å². The van der Waals surface area contributed by atoms with Crippen molar-refractivity contribution in [2.24, 2.45) is 0 Å². The predicted molar refractivity (Wildman–Crippen MR) is 78.8 cm³/mol. The summed E-state index contributed by atoms with van der Waals surface area (Å²) in [4.78, 5) is 35.9. The van der Waals surface area contributed by atoms with Crippen LogP contribution in [0.15, 0.2) is 37.1 Å². The third-order valence-electron chi connectivity index (χ3n) is 3.47. The largest absolute Gasteiger partial charge is 0.354 e. The lowest BCUT2D eigenvalue weighted by atomic mass is 10.1. The molecule has 0 aliphatic carbocycles. The molecule has 2 aromatic rings. The van der Waals surface area contributed by atoms with E-state index in [0.29, 0.717) is 24.2 Å². The van der Waals surface area contributed by atoms with Crippen LogP contribution in [0.2, 0.25) is 0 Å². The monoisotopic (exact) mass is 297 g/mol. The molecule has 112 valence electrons. The Morgan fingerprint density at radius 2 is 2.05 bits per heavy atom. The van der Waals surface area contributed by atoms with E-state index < -0.39 is 6.04 Å². The number of nitrogens with zero attached hydrogens (tertiary/aromatic N) is 3. The molecule has 0 bridgehead atoms. The van der Waals surface area contributed by atoms with Crippen molar-refractivity contribution >= 4 is 11.8 Å². The van der Waals surface area contributed by atoms with E-state index in [2.05, 4.69) is 25.6 Å². The van der Waals surface area contributed by atoms with Crippen molar-refractivity contribution in [3.05, 3.63) is 42.6 Å². The van der Waals surface area contributed by atoms with Gasteiger partial charge in [-0.1, -0.05) is 0 Å². The standard InChI is InChI=1S/C15H15N5O2/c21-14(20-13-2-1-5-18-15(13)22)10-3-4-12(19-8-10)11-6-16-9-17-7-11/h3-4,6-9,13H,1-2,5H2,(H,18,22)(H,20,21)/t13-/m1/s1. The average molecular weight is 297 g/mol. The molecule has 3 rings (SSSR count). The topological polar surface area (TPSA) is 96.9 Å². The van der Waals surface area contributed by atoms with Gasteiger partial charge in [0, 0.05) is 30.7 Å². The van der Waals surface area contributed by atoms with Gasteiger partial charge in [0.1, 0.15) is 12.4 Å². The first-order valence-corrected chi connectivity index (χ1v) is 7.04. The average Bonchev–Trinajstić information content (AvgIpc) is 2.58. The van der Waals surface area contributed by atoms with Gasteiger partial charge in [-0.2, -0.15) is 0 Å². The van der Waals surface area contributed by atoms with Crippen molar-refractivity contribution in [3.8, 4) is 11.3 Å². The number of amides is 2. The van der Waals surface area contributed by atoms with E-state index in [1.165, 1.54) is 12.5 Å². The van der Waals surface area contributed by atoms with Crippen molar-refractivity contribution in [2.75, 3.05) is 6.54 Å². The second kappa shape index (κ2) is 6.30. The van der Waals surface area contributed by atoms with Crippen LogP contribution in [-0.2, 0) is 4.79 Å². The third-order valence-corrected chi connectivity index (χ3v) is 3.47. The van der Waals surface area contributed by atoms with Gasteiger partial charge in [0.05, 0.1) is 11.3 Å². The van der Waals surface area contributed by atoms with Crippen LogP contribution in [0.4, 0.5) is 0 Å². The molecular weight excluding hydrogens is 282 g/mol. The summed E-state index contributed by atoms with van der Waals surface area (Å²) in [7, 11) is 0. The van der Waals surface area contributed by atoms with Crippen LogP contribution < -0.4 is 10.6 Å². The fraction of sp³-hybridized carbons (Fsp3) is 0.267. The summed E-state index contributed by atoms with van der Waals surface area (Å²) in [6, 6.07) is 2.93. The van der Waals surface area contributed by atoms with Gasteiger partial charge in [-0.15, -0.1) is 0 Å². The van der Waals surface area contributed by atoms with Gasteiger partial charge in [-0.05, 0) is 25.0 Å². The maximum Gasteiger partial charge on any atom is 0.253 e. The Hall–Kier alpha value is -2.83. The molecule has 3 heterocycles. The second-order valence-corrected chi connectivity index (χ2v) is 5.02. The van der Waals surface area contributed by atoms with Crippen molar-refractivity contribution in [2.45, 2.75) is 18.9 Å². The Balaban J connectivity index is 1.70. The van der Waals surface area contributed by atoms with E-state index in [0.717, 1.165) is 12.0 Å². The van der Waals surface area contributed by atoms with Crippen LogP contribution in [-0.4, -0.2) is 39.4 Å². The van der Waals surface area contributed by atoms with Crippen LogP contribution in [0.3, 0.4) is 0 Å². The number of hydrogen-bond donors (Lipinski definition) is 2. The number of carbonyl (C=O) groups is 2. The molecule has 2 amide bonds. The van der Waals surface area contributed by atoms with Crippen molar-refractivity contribution in [1.82, 2.24) is 25.6 Å². The zero-order valence-corrected chi connectivity index (χ0v) is 11.8. The summed E-state index contributed by atoms with van der Waals surface area (Å²) in [5.41, 5.74) is 1.88. The normalized spacial score (nSPS) is 17.6. The highest BCUT2D eigenvalue weighted by molar-refractivity contribution is 5.97. The lowest BCUT2D eigenvalue weighted by Crippen LogP contribution is -2.50. The van der Waals surface area contributed by atoms with Gasteiger partial charge in [0.15, 0.2) is 0 Å². The smallest absolute Gasteiger partial charge is 0.253 e. The van der Waals surface area contributed by atoms with Gasteiger partial charge in [0.2, 0.25) is 5.91 Å². The van der Waals surface area contributed by atoms with Gasteiger partial charge >= 0.3 is 0 Å².